The van der Waals surface area contributed by atoms with Gasteiger partial charge >= 0.3 is 0 Å². The minimum absolute atomic E-state index is 0. The molecule has 1 aromatic rings. The first-order valence-corrected chi connectivity index (χ1v) is 8.28. The highest BCUT2D eigenvalue weighted by Crippen LogP contribution is 2.26. The van der Waals surface area contributed by atoms with E-state index in [0.717, 1.165) is 18.4 Å². The quantitative estimate of drug-likeness (QED) is 0.859. The molecule has 0 aliphatic carbocycles. The fraction of sp³-hybridized carbons (Fsp3) is 0.571. The Hall–Kier alpha value is -0.660. The number of nitrogens with zero attached hydrogens (tertiary/aromatic N) is 1. The van der Waals surface area contributed by atoms with Crippen molar-refractivity contribution in [1.29, 1.82) is 0 Å². The van der Waals surface area contributed by atoms with Crippen molar-refractivity contribution in [1.82, 2.24) is 9.62 Å². The van der Waals surface area contributed by atoms with Crippen LogP contribution >= 0.6 is 12.4 Å². The van der Waals surface area contributed by atoms with Gasteiger partial charge in [-0.1, -0.05) is 12.1 Å². The first-order chi connectivity index (χ1) is 9.59. The molecule has 2 rings (SSSR count). The zero-order chi connectivity index (χ0) is 14.6. The lowest BCUT2D eigenvalue weighted by molar-refractivity contribution is 0.184. The fourth-order valence-corrected chi connectivity index (χ4v) is 4.43. The Morgan fingerprint density at radius 1 is 1.43 bits per heavy atom. The van der Waals surface area contributed by atoms with E-state index in [1.54, 1.807) is 29.6 Å². The molecule has 0 spiro atoms. The molecule has 7 heteroatoms. The van der Waals surface area contributed by atoms with Crippen molar-refractivity contribution in [3.8, 4) is 0 Å². The predicted octanol–water partition coefficient (Wildman–Crippen LogP) is 1.63. The van der Waals surface area contributed by atoms with Gasteiger partial charge in [-0.15, -0.1) is 12.4 Å². The summed E-state index contributed by atoms with van der Waals surface area (Å²) >= 11 is 0. The largest absolute Gasteiger partial charge is 0.380 e. The number of benzene rings is 1. The Bertz CT molecular complexity index is 551. The molecule has 0 bridgehead atoms. The molecular formula is C14H23ClN2O3S. The lowest BCUT2D eigenvalue weighted by atomic mass is 10.2. The maximum Gasteiger partial charge on any atom is 0.243 e. The van der Waals surface area contributed by atoms with E-state index >= 15 is 0 Å². The molecule has 0 saturated carbocycles. The first-order valence-electron chi connectivity index (χ1n) is 6.84. The Balaban J connectivity index is 0.00000220. The van der Waals surface area contributed by atoms with Crippen molar-refractivity contribution in [2.24, 2.45) is 0 Å². The number of ether oxygens (including phenoxy) is 1. The summed E-state index contributed by atoms with van der Waals surface area (Å²) in [6.45, 7) is 1.71. The van der Waals surface area contributed by atoms with E-state index in [1.165, 1.54) is 0 Å². The number of nitrogens with one attached hydrogen (secondary N) is 1. The van der Waals surface area contributed by atoms with Crippen LogP contribution in [-0.2, 0) is 21.4 Å². The molecule has 1 heterocycles. The number of methoxy groups -OCH3 is 1. The SMILES string of the molecule is CNCC1CCCN1S(=O)(=O)c1cccc(COC)c1.Cl. The molecule has 1 saturated heterocycles. The normalized spacial score (nSPS) is 19.4. The highest BCUT2D eigenvalue weighted by Gasteiger charge is 2.34. The van der Waals surface area contributed by atoms with Crippen LogP contribution in [0.15, 0.2) is 29.2 Å². The summed E-state index contributed by atoms with van der Waals surface area (Å²) in [6.07, 6.45) is 1.83. The smallest absolute Gasteiger partial charge is 0.243 e. The average molecular weight is 335 g/mol. The van der Waals surface area contributed by atoms with Gasteiger partial charge in [-0.3, -0.25) is 0 Å². The molecule has 0 aromatic heterocycles. The molecule has 1 aliphatic heterocycles. The van der Waals surface area contributed by atoms with E-state index in [-0.39, 0.29) is 18.4 Å². The van der Waals surface area contributed by atoms with Crippen LogP contribution in [0.2, 0.25) is 0 Å². The Labute approximate surface area is 133 Å². The molecule has 21 heavy (non-hydrogen) atoms. The Morgan fingerprint density at radius 3 is 2.86 bits per heavy atom. The predicted molar refractivity (Wildman–Crippen MR) is 85.2 cm³/mol. The molecule has 1 aromatic carbocycles. The van der Waals surface area contributed by atoms with Gasteiger partial charge in [0.25, 0.3) is 0 Å². The zero-order valence-corrected chi connectivity index (χ0v) is 14.0. The van der Waals surface area contributed by atoms with Crippen molar-refractivity contribution >= 4 is 22.4 Å². The molecule has 0 amide bonds. The molecule has 1 N–H and O–H groups in total. The van der Waals surface area contributed by atoms with E-state index < -0.39 is 10.0 Å². The van der Waals surface area contributed by atoms with Crippen LogP contribution in [0.5, 0.6) is 0 Å². The summed E-state index contributed by atoms with van der Waals surface area (Å²) in [4.78, 5) is 0.357. The van der Waals surface area contributed by atoms with E-state index in [2.05, 4.69) is 5.32 Å². The van der Waals surface area contributed by atoms with Crippen molar-refractivity contribution in [3.05, 3.63) is 29.8 Å². The van der Waals surface area contributed by atoms with Crippen LogP contribution in [0.25, 0.3) is 0 Å². The van der Waals surface area contributed by atoms with Gasteiger partial charge in [-0.05, 0) is 37.6 Å². The average Bonchev–Trinajstić information content (AvgIpc) is 2.89. The monoisotopic (exact) mass is 334 g/mol. The van der Waals surface area contributed by atoms with Gasteiger partial charge in [0.05, 0.1) is 11.5 Å². The molecule has 0 radical (unpaired) electrons. The van der Waals surface area contributed by atoms with Gasteiger partial charge in [0.15, 0.2) is 0 Å². The van der Waals surface area contributed by atoms with Crippen molar-refractivity contribution in [2.45, 2.75) is 30.4 Å². The number of halogens is 1. The van der Waals surface area contributed by atoms with Crippen LogP contribution in [0, 0.1) is 0 Å². The van der Waals surface area contributed by atoms with Crippen molar-refractivity contribution < 1.29 is 13.2 Å². The first kappa shape index (κ1) is 18.4. The van der Waals surface area contributed by atoms with E-state index in [1.807, 2.05) is 13.1 Å². The third-order valence-electron chi connectivity index (χ3n) is 3.58. The summed E-state index contributed by atoms with van der Waals surface area (Å²) in [5.74, 6) is 0. The molecule has 120 valence electrons. The summed E-state index contributed by atoms with van der Waals surface area (Å²) in [5, 5.41) is 3.07. The van der Waals surface area contributed by atoms with Crippen molar-refractivity contribution in [3.63, 3.8) is 0 Å². The summed E-state index contributed by atoms with van der Waals surface area (Å²) in [6, 6.07) is 7.05. The van der Waals surface area contributed by atoms with Gasteiger partial charge in [0, 0.05) is 26.2 Å². The lowest BCUT2D eigenvalue weighted by Crippen LogP contribution is -2.40. The number of hydrogen-bond acceptors (Lipinski definition) is 4. The van der Waals surface area contributed by atoms with Crippen LogP contribution in [0.4, 0.5) is 0 Å². The van der Waals surface area contributed by atoms with Crippen LogP contribution in [-0.4, -0.2) is 46.0 Å². The Morgan fingerprint density at radius 2 is 2.19 bits per heavy atom. The third-order valence-corrected chi connectivity index (χ3v) is 5.53. The second-order valence-electron chi connectivity index (χ2n) is 5.05. The molecular weight excluding hydrogens is 312 g/mol. The lowest BCUT2D eigenvalue weighted by Gasteiger charge is -2.24. The number of hydrogen-bond donors (Lipinski definition) is 1. The molecule has 1 unspecified atom stereocenters. The number of sulfonamides is 1. The second kappa shape index (κ2) is 8.10. The Kier molecular flexibility index (Phi) is 7.09. The topological polar surface area (TPSA) is 58.6 Å². The standard InChI is InChI=1S/C14H22N2O3S.ClH/c1-15-10-13-6-4-8-16(13)20(17,18)14-7-3-5-12(9-14)11-19-2;/h3,5,7,9,13,15H,4,6,8,10-11H2,1-2H3;1H. The summed E-state index contributed by atoms with van der Waals surface area (Å²) in [5.41, 5.74) is 0.873. The molecule has 5 nitrogen and oxygen atoms in total. The summed E-state index contributed by atoms with van der Waals surface area (Å²) < 4.78 is 32.1. The van der Waals surface area contributed by atoms with Crippen LogP contribution in [0.1, 0.15) is 18.4 Å². The molecule has 1 fully saturated rings. The fourth-order valence-electron chi connectivity index (χ4n) is 2.66. The van der Waals surface area contributed by atoms with Crippen LogP contribution in [0.3, 0.4) is 0 Å². The van der Waals surface area contributed by atoms with E-state index in [0.29, 0.717) is 24.6 Å². The second-order valence-corrected chi connectivity index (χ2v) is 6.94. The minimum Gasteiger partial charge on any atom is -0.380 e. The zero-order valence-electron chi connectivity index (χ0n) is 12.4. The maximum absolute atomic E-state index is 12.7. The molecule has 1 atom stereocenters. The van der Waals surface area contributed by atoms with Gasteiger partial charge in [-0.25, -0.2) is 8.42 Å². The number of rotatable bonds is 6. The van der Waals surface area contributed by atoms with Gasteiger partial charge in [0.1, 0.15) is 0 Å². The van der Waals surface area contributed by atoms with Gasteiger partial charge in [-0.2, -0.15) is 4.31 Å². The van der Waals surface area contributed by atoms with Gasteiger partial charge < -0.3 is 10.1 Å². The number of likely N-dealkylation sites (N-methyl/N-ethyl adjacent to an activating group) is 1. The highest BCUT2D eigenvalue weighted by molar-refractivity contribution is 7.89. The maximum atomic E-state index is 12.7. The van der Waals surface area contributed by atoms with Gasteiger partial charge in [0.2, 0.25) is 10.0 Å². The van der Waals surface area contributed by atoms with E-state index in [9.17, 15) is 8.42 Å². The third kappa shape index (κ3) is 4.17. The van der Waals surface area contributed by atoms with E-state index in [4.69, 9.17) is 4.74 Å². The van der Waals surface area contributed by atoms with Crippen molar-refractivity contribution in [2.75, 3.05) is 27.2 Å². The van der Waals surface area contributed by atoms with Crippen LogP contribution < -0.4 is 5.32 Å². The summed E-state index contributed by atoms with van der Waals surface area (Å²) in [7, 11) is 0.0382. The highest BCUT2D eigenvalue weighted by atomic mass is 35.5. The molecule has 1 aliphatic rings. The minimum atomic E-state index is -3.41.